The van der Waals surface area contributed by atoms with E-state index in [1.54, 1.807) is 30.7 Å². The van der Waals surface area contributed by atoms with Crippen molar-refractivity contribution in [3.8, 4) is 5.82 Å². The maximum Gasteiger partial charge on any atom is 0.358 e. The Morgan fingerprint density at radius 3 is 3.06 bits per heavy atom. The molecule has 2 aromatic heterocycles. The van der Waals surface area contributed by atoms with E-state index in [2.05, 4.69) is 10.1 Å². The number of aryl methyl sites for hydroxylation is 1. The van der Waals surface area contributed by atoms with Crippen molar-refractivity contribution in [1.82, 2.24) is 14.7 Å². The van der Waals surface area contributed by atoms with Crippen molar-refractivity contribution in [3.63, 3.8) is 0 Å². The molecule has 0 aliphatic rings. The second-order valence-electron chi connectivity index (χ2n) is 3.18. The summed E-state index contributed by atoms with van der Waals surface area (Å²) in [7, 11) is 0. The Hall–Kier alpha value is -2.11. The summed E-state index contributed by atoms with van der Waals surface area (Å²) in [6.07, 6.45) is 3.04. The zero-order chi connectivity index (χ0) is 11.5. The smallest absolute Gasteiger partial charge is 0.358 e. The van der Waals surface area contributed by atoms with Crippen molar-refractivity contribution >= 4 is 5.97 Å². The Labute approximate surface area is 91.8 Å². The van der Waals surface area contributed by atoms with Gasteiger partial charge in [-0.25, -0.2) is 9.78 Å². The maximum absolute atomic E-state index is 11.4. The van der Waals surface area contributed by atoms with Crippen molar-refractivity contribution in [2.24, 2.45) is 0 Å². The van der Waals surface area contributed by atoms with E-state index >= 15 is 0 Å². The van der Waals surface area contributed by atoms with Crippen LogP contribution in [-0.4, -0.2) is 27.3 Å². The molecule has 84 valence electrons. The molecule has 0 N–H and O–H groups in total. The number of hydrogen-bond donors (Lipinski definition) is 0. The van der Waals surface area contributed by atoms with E-state index in [9.17, 15) is 4.79 Å². The lowest BCUT2D eigenvalue weighted by molar-refractivity contribution is 0.0520. The number of nitrogens with zero attached hydrogens (tertiary/aromatic N) is 3. The van der Waals surface area contributed by atoms with Crippen LogP contribution in [0.15, 0.2) is 23.1 Å². The molecule has 0 bridgehead atoms. The van der Waals surface area contributed by atoms with Gasteiger partial charge in [0.25, 0.3) is 0 Å². The topological polar surface area (TPSA) is 70.2 Å². The normalized spacial score (nSPS) is 10.4. The fraction of sp³-hybridized carbons (Fsp3) is 0.300. The van der Waals surface area contributed by atoms with Gasteiger partial charge in [-0.05, 0) is 13.8 Å². The molecule has 0 radical (unpaired) electrons. The maximum atomic E-state index is 11.4. The van der Waals surface area contributed by atoms with Crippen LogP contribution in [0.25, 0.3) is 5.82 Å². The molecule has 0 saturated heterocycles. The first-order chi connectivity index (χ1) is 7.70. The summed E-state index contributed by atoms with van der Waals surface area (Å²) in [5.41, 5.74) is 0.252. The first-order valence-electron chi connectivity index (χ1n) is 4.85. The van der Waals surface area contributed by atoms with Gasteiger partial charge in [-0.1, -0.05) is 5.16 Å². The third-order valence-electron chi connectivity index (χ3n) is 1.95. The SMILES string of the molecule is CCOC(=O)c1cn(-c2cc(C)on2)cn1. The van der Waals surface area contributed by atoms with Gasteiger partial charge in [0.1, 0.15) is 12.1 Å². The van der Waals surface area contributed by atoms with Gasteiger partial charge in [-0.2, -0.15) is 0 Å². The molecule has 0 unspecified atom stereocenters. The second-order valence-corrected chi connectivity index (χ2v) is 3.18. The Kier molecular flexibility index (Phi) is 2.72. The van der Waals surface area contributed by atoms with Crippen LogP contribution in [0, 0.1) is 6.92 Å². The number of carbonyl (C=O) groups is 1. The Bertz CT molecular complexity index is 501. The van der Waals surface area contributed by atoms with E-state index in [0.717, 1.165) is 0 Å². The molecule has 0 aliphatic heterocycles. The van der Waals surface area contributed by atoms with Gasteiger partial charge < -0.3 is 9.26 Å². The molecular weight excluding hydrogens is 210 g/mol. The van der Waals surface area contributed by atoms with Gasteiger partial charge in [0.15, 0.2) is 11.5 Å². The van der Waals surface area contributed by atoms with Crippen molar-refractivity contribution in [1.29, 1.82) is 0 Å². The standard InChI is InChI=1S/C10H11N3O3/c1-3-15-10(14)8-5-13(6-11-8)9-4-7(2)16-12-9/h4-6H,3H2,1-2H3. The summed E-state index contributed by atoms with van der Waals surface area (Å²) in [6.45, 7) is 3.87. The third kappa shape index (κ3) is 1.95. The zero-order valence-corrected chi connectivity index (χ0v) is 9.01. The van der Waals surface area contributed by atoms with Crippen LogP contribution >= 0.6 is 0 Å². The fourth-order valence-corrected chi connectivity index (χ4v) is 1.23. The second kappa shape index (κ2) is 4.18. The van der Waals surface area contributed by atoms with Gasteiger partial charge in [-0.15, -0.1) is 0 Å². The Balaban J connectivity index is 2.22. The van der Waals surface area contributed by atoms with Gasteiger partial charge in [-0.3, -0.25) is 4.57 Å². The predicted molar refractivity (Wildman–Crippen MR) is 54.3 cm³/mol. The molecule has 2 aromatic rings. The highest BCUT2D eigenvalue weighted by Gasteiger charge is 2.11. The summed E-state index contributed by atoms with van der Waals surface area (Å²) in [6, 6.07) is 1.75. The summed E-state index contributed by atoms with van der Waals surface area (Å²) in [5, 5.41) is 3.80. The predicted octanol–water partition coefficient (Wildman–Crippen LogP) is 1.35. The van der Waals surface area contributed by atoms with E-state index in [-0.39, 0.29) is 5.69 Å². The number of aromatic nitrogens is 3. The highest BCUT2D eigenvalue weighted by atomic mass is 16.5. The van der Waals surface area contributed by atoms with Crippen molar-refractivity contribution < 1.29 is 14.1 Å². The molecule has 0 spiro atoms. The summed E-state index contributed by atoms with van der Waals surface area (Å²) in [4.78, 5) is 15.3. The number of imidazole rings is 1. The number of ether oxygens (including phenoxy) is 1. The Morgan fingerprint density at radius 2 is 2.44 bits per heavy atom. The molecule has 6 nitrogen and oxygen atoms in total. The summed E-state index contributed by atoms with van der Waals surface area (Å²) < 4.78 is 11.3. The lowest BCUT2D eigenvalue weighted by atomic mass is 10.4. The molecule has 6 heteroatoms. The number of rotatable bonds is 3. The van der Waals surface area contributed by atoms with Gasteiger partial charge in [0, 0.05) is 12.3 Å². The highest BCUT2D eigenvalue weighted by Crippen LogP contribution is 2.09. The number of hydrogen-bond acceptors (Lipinski definition) is 5. The largest absolute Gasteiger partial charge is 0.461 e. The van der Waals surface area contributed by atoms with Crippen LogP contribution in [0.1, 0.15) is 23.2 Å². The average molecular weight is 221 g/mol. The lowest BCUT2D eigenvalue weighted by Gasteiger charge is -1.96. The molecule has 0 amide bonds. The quantitative estimate of drug-likeness (QED) is 0.731. The molecule has 0 fully saturated rings. The van der Waals surface area contributed by atoms with Gasteiger partial charge >= 0.3 is 5.97 Å². The van der Waals surface area contributed by atoms with E-state index < -0.39 is 5.97 Å². The minimum atomic E-state index is -0.443. The summed E-state index contributed by atoms with van der Waals surface area (Å²) >= 11 is 0. The molecule has 0 aliphatic carbocycles. The summed E-state index contributed by atoms with van der Waals surface area (Å²) in [5.74, 6) is 0.836. The van der Waals surface area contributed by atoms with Crippen molar-refractivity contribution in [2.45, 2.75) is 13.8 Å². The van der Waals surface area contributed by atoms with Crippen LogP contribution < -0.4 is 0 Å². The van der Waals surface area contributed by atoms with Crippen molar-refractivity contribution in [3.05, 3.63) is 30.0 Å². The number of esters is 1. The van der Waals surface area contributed by atoms with E-state index in [0.29, 0.717) is 18.2 Å². The molecular formula is C10H11N3O3. The number of carbonyl (C=O) groups excluding carboxylic acids is 1. The molecule has 2 rings (SSSR count). The molecule has 0 aromatic carbocycles. The average Bonchev–Trinajstić information content (AvgIpc) is 2.85. The van der Waals surface area contributed by atoms with Gasteiger partial charge in [0.05, 0.1) is 6.61 Å². The van der Waals surface area contributed by atoms with E-state index in [1.165, 1.54) is 6.33 Å². The fourth-order valence-electron chi connectivity index (χ4n) is 1.23. The first-order valence-corrected chi connectivity index (χ1v) is 4.85. The highest BCUT2D eigenvalue weighted by molar-refractivity contribution is 5.87. The van der Waals surface area contributed by atoms with Crippen LogP contribution in [0.5, 0.6) is 0 Å². The third-order valence-corrected chi connectivity index (χ3v) is 1.95. The molecule has 2 heterocycles. The van der Waals surface area contributed by atoms with Crippen LogP contribution in [0.4, 0.5) is 0 Å². The van der Waals surface area contributed by atoms with Crippen LogP contribution in [-0.2, 0) is 4.74 Å². The minimum absolute atomic E-state index is 0.252. The zero-order valence-electron chi connectivity index (χ0n) is 9.01. The van der Waals surface area contributed by atoms with Crippen molar-refractivity contribution in [2.75, 3.05) is 6.61 Å². The van der Waals surface area contributed by atoms with E-state index in [4.69, 9.17) is 9.26 Å². The minimum Gasteiger partial charge on any atom is -0.461 e. The monoisotopic (exact) mass is 221 g/mol. The molecule has 0 atom stereocenters. The van der Waals surface area contributed by atoms with Crippen LogP contribution in [0.3, 0.4) is 0 Å². The van der Waals surface area contributed by atoms with Crippen LogP contribution in [0.2, 0.25) is 0 Å². The van der Waals surface area contributed by atoms with Gasteiger partial charge in [0.2, 0.25) is 0 Å². The molecule has 16 heavy (non-hydrogen) atoms. The van der Waals surface area contributed by atoms with E-state index in [1.807, 2.05) is 0 Å². The molecule has 0 saturated carbocycles. The first kappa shape index (κ1) is 10.4. The Morgan fingerprint density at radius 1 is 1.62 bits per heavy atom. The lowest BCUT2D eigenvalue weighted by Crippen LogP contribution is -2.04.